The molecule has 4 nitrogen and oxygen atoms in total. The maximum atomic E-state index is 9.00. The van der Waals surface area contributed by atoms with E-state index in [0.29, 0.717) is 3.70 Å². The standard InChI is InChI=1S/C5H3BrINO.C5H4BrNO.I2/c6-3-1-4(9)5(7)8-2-3;6-4-1-5(8)3-7-2-4;1-2/h1-2,9H;1-3,8H;. The Kier molecular flexibility index (Phi) is 12.3. The molecule has 2 N–H and O–H groups in total. The van der Waals surface area contributed by atoms with Crippen molar-refractivity contribution < 1.29 is 10.2 Å². The first-order valence-corrected chi connectivity index (χ1v) is 13.4. The molecule has 2 heterocycles. The minimum Gasteiger partial charge on any atom is -0.506 e. The summed E-state index contributed by atoms with van der Waals surface area (Å²) < 4.78 is 2.20. The van der Waals surface area contributed by atoms with Gasteiger partial charge in [-0.05, 0) is 66.6 Å². The van der Waals surface area contributed by atoms with Gasteiger partial charge in [0.15, 0.2) is 0 Å². The van der Waals surface area contributed by atoms with Crippen LogP contribution in [-0.4, -0.2) is 20.2 Å². The molecule has 0 atom stereocenters. The van der Waals surface area contributed by atoms with Crippen LogP contribution in [0.15, 0.2) is 39.7 Å². The molecule has 2 rings (SSSR count). The zero-order valence-corrected chi connectivity index (χ0v) is 18.7. The van der Waals surface area contributed by atoms with Crippen LogP contribution in [0.2, 0.25) is 0 Å². The Hall–Kier alpha value is 1.05. The summed E-state index contributed by atoms with van der Waals surface area (Å²) >= 11 is 12.5. The van der Waals surface area contributed by atoms with Gasteiger partial charge >= 0.3 is 0 Å². The van der Waals surface area contributed by atoms with Crippen molar-refractivity contribution >= 4 is 91.7 Å². The van der Waals surface area contributed by atoms with Crippen LogP contribution in [0.25, 0.3) is 0 Å². The van der Waals surface area contributed by atoms with E-state index in [1.807, 2.05) is 22.6 Å². The molecule has 0 amide bonds. The fraction of sp³-hybridized carbons (Fsp3) is 0. The third-order valence-electron chi connectivity index (χ3n) is 1.48. The van der Waals surface area contributed by atoms with Crippen LogP contribution in [0.5, 0.6) is 11.5 Å². The second-order valence-corrected chi connectivity index (χ2v) is 5.68. The number of halogens is 5. The Morgan fingerprint density at radius 3 is 1.89 bits per heavy atom. The smallest absolute Gasteiger partial charge is 0.148 e. The molecular weight excluding hydrogens is 721 g/mol. The molecule has 0 saturated carbocycles. The molecule has 0 radical (unpaired) electrons. The van der Waals surface area contributed by atoms with Gasteiger partial charge in [0.25, 0.3) is 0 Å². The lowest BCUT2D eigenvalue weighted by molar-refractivity contribution is 0.467. The molecule has 2 aromatic heterocycles. The van der Waals surface area contributed by atoms with Crippen molar-refractivity contribution in [3.63, 3.8) is 0 Å². The second-order valence-electron chi connectivity index (χ2n) is 2.82. The maximum Gasteiger partial charge on any atom is 0.148 e. The van der Waals surface area contributed by atoms with E-state index >= 15 is 0 Å². The second kappa shape index (κ2) is 11.7. The Labute approximate surface area is 164 Å². The van der Waals surface area contributed by atoms with Crippen molar-refractivity contribution in [2.45, 2.75) is 0 Å². The summed E-state index contributed by atoms with van der Waals surface area (Å²) in [6, 6.07) is 3.18. The molecule has 0 aromatic carbocycles. The van der Waals surface area contributed by atoms with Gasteiger partial charge in [-0.2, -0.15) is 0 Å². The van der Waals surface area contributed by atoms with Gasteiger partial charge in [0.1, 0.15) is 15.2 Å². The molecule has 0 aliphatic rings. The molecule has 0 aliphatic heterocycles. The van der Waals surface area contributed by atoms with E-state index in [-0.39, 0.29) is 11.5 Å². The van der Waals surface area contributed by atoms with Crippen LogP contribution in [0.3, 0.4) is 0 Å². The lowest BCUT2D eigenvalue weighted by Crippen LogP contribution is -1.78. The van der Waals surface area contributed by atoms with Crippen LogP contribution >= 0.6 is 91.7 Å². The first kappa shape index (κ1) is 20.1. The quantitative estimate of drug-likeness (QED) is 0.279. The largest absolute Gasteiger partial charge is 0.506 e. The van der Waals surface area contributed by atoms with Crippen molar-refractivity contribution in [1.82, 2.24) is 9.97 Å². The molecule has 9 heteroatoms. The van der Waals surface area contributed by atoms with Gasteiger partial charge < -0.3 is 10.2 Å². The Morgan fingerprint density at radius 2 is 1.53 bits per heavy atom. The molecule has 2 aromatic rings. The average molecular weight is 728 g/mol. The van der Waals surface area contributed by atoms with E-state index in [1.165, 1.54) is 6.20 Å². The van der Waals surface area contributed by atoms with Gasteiger partial charge in [-0.25, -0.2) is 4.98 Å². The van der Waals surface area contributed by atoms with Gasteiger partial charge in [-0.3, -0.25) is 4.98 Å². The van der Waals surface area contributed by atoms with Crippen LogP contribution in [0.4, 0.5) is 0 Å². The fourth-order valence-corrected chi connectivity index (χ4v) is 1.78. The van der Waals surface area contributed by atoms with Crippen molar-refractivity contribution in [2.75, 3.05) is 0 Å². The molecule has 0 spiro atoms. The lowest BCUT2D eigenvalue weighted by atomic mass is 10.5. The van der Waals surface area contributed by atoms with Crippen molar-refractivity contribution in [1.29, 1.82) is 0 Å². The minimum absolute atomic E-state index is 0.180. The van der Waals surface area contributed by atoms with Gasteiger partial charge in [-0.1, -0.05) is 0 Å². The number of nitrogens with zero attached hydrogens (tertiary/aromatic N) is 2. The fourth-order valence-electron chi connectivity index (χ4n) is 0.813. The molecule has 104 valence electrons. The number of hydrogen-bond donors (Lipinski definition) is 2. The summed E-state index contributed by atoms with van der Waals surface area (Å²) in [5, 5.41) is 17.7. The predicted molar refractivity (Wildman–Crippen MR) is 108 cm³/mol. The summed E-state index contributed by atoms with van der Waals surface area (Å²) in [6.07, 6.45) is 4.63. The van der Waals surface area contributed by atoms with Crippen LogP contribution in [0.1, 0.15) is 0 Å². The van der Waals surface area contributed by atoms with Crippen LogP contribution in [0, 0.1) is 3.70 Å². The zero-order valence-electron chi connectivity index (χ0n) is 9.07. The summed E-state index contributed by atoms with van der Waals surface area (Å²) in [6.45, 7) is 0. The van der Waals surface area contributed by atoms with E-state index < -0.39 is 0 Å². The summed E-state index contributed by atoms with van der Waals surface area (Å²) in [4.78, 5) is 7.55. The molecule has 19 heavy (non-hydrogen) atoms. The van der Waals surface area contributed by atoms with Gasteiger partial charge in [-0.15, -0.1) is 0 Å². The maximum absolute atomic E-state index is 9.00. The lowest BCUT2D eigenvalue weighted by Gasteiger charge is -1.93. The Balaban J connectivity index is 0.000000303. The Morgan fingerprint density at radius 1 is 0.947 bits per heavy atom. The summed E-state index contributed by atoms with van der Waals surface area (Å²) in [7, 11) is 0. The number of pyridine rings is 2. The van der Waals surface area contributed by atoms with Crippen LogP contribution in [-0.2, 0) is 0 Å². The highest BCUT2D eigenvalue weighted by Gasteiger charge is 1.96. The summed E-state index contributed by atoms with van der Waals surface area (Å²) in [5.74, 6) is 0.393. The number of hydrogen-bond acceptors (Lipinski definition) is 4. The van der Waals surface area contributed by atoms with Gasteiger partial charge in [0, 0.05) is 58.6 Å². The topological polar surface area (TPSA) is 66.2 Å². The molecule has 0 fully saturated rings. The SMILES string of the molecule is II.Oc1cc(Br)cnc1I.Oc1cncc(Br)c1. The monoisotopic (exact) mass is 726 g/mol. The zero-order chi connectivity index (χ0) is 14.8. The average Bonchev–Trinajstić information content (AvgIpc) is 2.37. The van der Waals surface area contributed by atoms with E-state index in [1.54, 1.807) is 24.5 Å². The molecular formula is C10H7Br2I3N2O2. The number of aromatic nitrogens is 2. The Bertz CT molecular complexity index is 501. The van der Waals surface area contributed by atoms with Crippen LogP contribution < -0.4 is 0 Å². The minimum atomic E-state index is 0.180. The van der Waals surface area contributed by atoms with Gasteiger partial charge in [0.05, 0.1) is 6.20 Å². The van der Waals surface area contributed by atoms with E-state index in [0.717, 1.165) is 8.95 Å². The molecule has 0 bridgehead atoms. The highest BCUT2D eigenvalue weighted by molar-refractivity contribution is 15.0. The van der Waals surface area contributed by atoms with Crippen molar-refractivity contribution in [3.05, 3.63) is 43.4 Å². The summed E-state index contributed by atoms with van der Waals surface area (Å²) in [5.41, 5.74) is 0. The number of aromatic hydroxyl groups is 2. The molecule has 0 aliphatic carbocycles. The predicted octanol–water partition coefficient (Wildman–Crippen LogP) is 5.48. The highest BCUT2D eigenvalue weighted by Crippen LogP contribution is 2.20. The highest BCUT2D eigenvalue weighted by atomic mass is 128. The first-order valence-electron chi connectivity index (χ1n) is 4.43. The van der Waals surface area contributed by atoms with Crippen molar-refractivity contribution in [3.8, 4) is 11.5 Å². The van der Waals surface area contributed by atoms with E-state index in [2.05, 4.69) is 79.1 Å². The third kappa shape index (κ3) is 9.57. The molecule has 0 unspecified atom stereocenters. The molecule has 0 saturated heterocycles. The van der Waals surface area contributed by atoms with Gasteiger partial charge in [0.2, 0.25) is 0 Å². The van der Waals surface area contributed by atoms with Crippen molar-refractivity contribution in [2.24, 2.45) is 0 Å². The third-order valence-corrected chi connectivity index (χ3v) is 3.18. The van der Waals surface area contributed by atoms with E-state index in [4.69, 9.17) is 10.2 Å². The number of rotatable bonds is 0. The van der Waals surface area contributed by atoms with E-state index in [9.17, 15) is 0 Å². The normalized spacial score (nSPS) is 8.68. The first-order chi connectivity index (χ1) is 8.99.